The van der Waals surface area contributed by atoms with Crippen molar-refractivity contribution in [3.05, 3.63) is 82.7 Å². The SMILES string of the molecule is CCN(CC)CCOc1cc(Nc2ncc(F)c(Nc3ccc(Cl)cc3Cl)n2)ccc1-c1ccc(OC)cc1. The number of nitrogens with one attached hydrogen (secondary N) is 2. The van der Waals surface area contributed by atoms with Gasteiger partial charge in [-0.25, -0.2) is 9.37 Å². The molecule has 204 valence electrons. The van der Waals surface area contributed by atoms with Crippen LogP contribution in [0, 0.1) is 5.82 Å². The molecule has 2 N–H and O–H groups in total. The molecule has 0 aliphatic rings. The van der Waals surface area contributed by atoms with Crippen LogP contribution in [0.2, 0.25) is 10.0 Å². The fourth-order valence-electron chi connectivity index (χ4n) is 3.92. The van der Waals surface area contributed by atoms with Crippen LogP contribution < -0.4 is 20.1 Å². The Morgan fingerprint density at radius 3 is 2.41 bits per heavy atom. The van der Waals surface area contributed by atoms with E-state index in [4.69, 9.17) is 32.7 Å². The van der Waals surface area contributed by atoms with Crippen LogP contribution in [0.5, 0.6) is 11.5 Å². The minimum atomic E-state index is -0.623. The van der Waals surface area contributed by atoms with Crippen molar-refractivity contribution in [2.45, 2.75) is 13.8 Å². The van der Waals surface area contributed by atoms with Crippen LogP contribution in [0.3, 0.4) is 0 Å². The zero-order chi connectivity index (χ0) is 27.8. The van der Waals surface area contributed by atoms with Crippen molar-refractivity contribution < 1.29 is 13.9 Å². The molecule has 0 aliphatic heterocycles. The zero-order valence-corrected chi connectivity index (χ0v) is 23.5. The Kier molecular flexibility index (Phi) is 9.81. The third-order valence-electron chi connectivity index (χ3n) is 6.13. The summed E-state index contributed by atoms with van der Waals surface area (Å²) in [5.41, 5.74) is 3.08. The standard InChI is InChI=1S/C29H30Cl2FN5O2/c1-4-37(5-2)14-15-39-27-17-21(9-12-23(27)19-6-10-22(38-3)11-7-19)34-29-33-18-25(32)28(36-29)35-26-13-8-20(30)16-24(26)31/h6-13,16-18H,4-5,14-15H2,1-3H3,(H2,33,34,35,36). The molecule has 0 saturated heterocycles. The first-order valence-electron chi connectivity index (χ1n) is 12.6. The Balaban J connectivity index is 1.59. The second-order valence-corrected chi connectivity index (χ2v) is 9.42. The molecule has 0 saturated carbocycles. The van der Waals surface area contributed by atoms with Gasteiger partial charge in [0.25, 0.3) is 0 Å². The van der Waals surface area contributed by atoms with Crippen molar-refractivity contribution in [3.8, 4) is 22.6 Å². The second-order valence-electron chi connectivity index (χ2n) is 8.58. The molecule has 0 aliphatic carbocycles. The molecule has 3 aromatic carbocycles. The summed E-state index contributed by atoms with van der Waals surface area (Å²) in [7, 11) is 1.64. The first kappa shape index (κ1) is 28.4. The molecule has 4 aromatic rings. The Hall–Kier alpha value is -3.59. The lowest BCUT2D eigenvalue weighted by molar-refractivity contribution is 0.223. The second kappa shape index (κ2) is 13.5. The van der Waals surface area contributed by atoms with E-state index in [9.17, 15) is 4.39 Å². The molecule has 0 amide bonds. The van der Waals surface area contributed by atoms with Gasteiger partial charge in [0.1, 0.15) is 18.1 Å². The molecule has 0 bridgehead atoms. The molecule has 39 heavy (non-hydrogen) atoms. The predicted molar refractivity (Wildman–Crippen MR) is 157 cm³/mol. The van der Waals surface area contributed by atoms with Gasteiger partial charge in [-0.15, -0.1) is 0 Å². The normalized spacial score (nSPS) is 10.9. The third kappa shape index (κ3) is 7.50. The lowest BCUT2D eigenvalue weighted by atomic mass is 10.0. The topological polar surface area (TPSA) is 71.5 Å². The molecule has 0 unspecified atom stereocenters. The summed E-state index contributed by atoms with van der Waals surface area (Å²) in [5, 5.41) is 6.86. The third-order valence-corrected chi connectivity index (χ3v) is 6.67. The van der Waals surface area contributed by atoms with E-state index in [2.05, 4.69) is 39.3 Å². The van der Waals surface area contributed by atoms with E-state index >= 15 is 0 Å². The van der Waals surface area contributed by atoms with Gasteiger partial charge in [0.15, 0.2) is 11.6 Å². The van der Waals surface area contributed by atoms with Gasteiger partial charge in [0.05, 0.1) is 24.0 Å². The molecule has 0 radical (unpaired) electrons. The van der Waals surface area contributed by atoms with Gasteiger partial charge in [-0.3, -0.25) is 0 Å². The lowest BCUT2D eigenvalue weighted by Crippen LogP contribution is -2.28. The van der Waals surface area contributed by atoms with Crippen molar-refractivity contribution in [1.82, 2.24) is 14.9 Å². The summed E-state index contributed by atoms with van der Waals surface area (Å²) < 4.78 is 26.1. The Labute approximate surface area is 237 Å². The smallest absolute Gasteiger partial charge is 0.229 e. The van der Waals surface area contributed by atoms with E-state index in [0.717, 1.165) is 42.7 Å². The number of rotatable bonds is 12. The molecule has 4 rings (SSSR count). The highest BCUT2D eigenvalue weighted by Gasteiger charge is 2.13. The molecule has 1 heterocycles. The van der Waals surface area contributed by atoms with E-state index in [1.165, 1.54) is 0 Å². The molecule has 0 fully saturated rings. The number of aromatic nitrogens is 2. The summed E-state index contributed by atoms with van der Waals surface area (Å²) in [6.07, 6.45) is 1.09. The van der Waals surface area contributed by atoms with Crippen LogP contribution in [0.4, 0.5) is 27.5 Å². The Morgan fingerprint density at radius 1 is 0.949 bits per heavy atom. The summed E-state index contributed by atoms with van der Waals surface area (Å²) in [6, 6.07) is 18.4. The quantitative estimate of drug-likeness (QED) is 0.180. The maximum atomic E-state index is 14.5. The number of methoxy groups -OCH3 is 1. The minimum Gasteiger partial charge on any atom is -0.497 e. The van der Waals surface area contributed by atoms with Gasteiger partial charge < -0.3 is 25.0 Å². The molecule has 10 heteroatoms. The average Bonchev–Trinajstić information content (AvgIpc) is 2.94. The molecule has 0 spiro atoms. The Bertz CT molecular complexity index is 1400. The van der Waals surface area contributed by atoms with Gasteiger partial charge in [-0.1, -0.05) is 49.2 Å². The first-order chi connectivity index (χ1) is 18.9. The summed E-state index contributed by atoms with van der Waals surface area (Å²) in [6.45, 7) is 7.49. The van der Waals surface area contributed by atoms with Gasteiger partial charge in [0, 0.05) is 28.9 Å². The van der Waals surface area contributed by atoms with Crippen molar-refractivity contribution in [2.75, 3.05) is 44.0 Å². The molecule has 1 aromatic heterocycles. The highest BCUT2D eigenvalue weighted by atomic mass is 35.5. The van der Waals surface area contributed by atoms with Crippen molar-refractivity contribution in [2.24, 2.45) is 0 Å². The summed E-state index contributed by atoms with van der Waals surface area (Å²) in [4.78, 5) is 10.7. The number of benzene rings is 3. The number of nitrogens with zero attached hydrogens (tertiary/aromatic N) is 3. The molecule has 7 nitrogen and oxygen atoms in total. The van der Waals surface area contributed by atoms with Crippen LogP contribution in [0.1, 0.15) is 13.8 Å². The average molecular weight is 570 g/mol. The predicted octanol–water partition coefficient (Wildman–Crippen LogP) is 7.81. The van der Waals surface area contributed by atoms with E-state index < -0.39 is 5.82 Å². The van der Waals surface area contributed by atoms with Crippen LogP contribution >= 0.6 is 23.2 Å². The van der Waals surface area contributed by atoms with Crippen molar-refractivity contribution in [3.63, 3.8) is 0 Å². The van der Waals surface area contributed by atoms with Gasteiger partial charge >= 0.3 is 0 Å². The van der Waals surface area contributed by atoms with E-state index in [1.807, 2.05) is 42.5 Å². The minimum absolute atomic E-state index is 0.0257. The number of halogens is 3. The number of ether oxygens (including phenoxy) is 2. The number of hydrogen-bond donors (Lipinski definition) is 2. The highest BCUT2D eigenvalue weighted by molar-refractivity contribution is 6.36. The van der Waals surface area contributed by atoms with E-state index in [0.29, 0.717) is 33.8 Å². The number of likely N-dealkylation sites (N-methyl/N-ethyl adjacent to an activating group) is 1. The molecule has 0 atom stereocenters. The fraction of sp³-hybridized carbons (Fsp3) is 0.241. The molecular weight excluding hydrogens is 540 g/mol. The van der Waals surface area contributed by atoms with E-state index in [1.54, 1.807) is 25.3 Å². The lowest BCUT2D eigenvalue weighted by Gasteiger charge is -2.19. The highest BCUT2D eigenvalue weighted by Crippen LogP contribution is 2.35. The van der Waals surface area contributed by atoms with Gasteiger partial charge in [-0.05, 0) is 61.1 Å². The van der Waals surface area contributed by atoms with Crippen molar-refractivity contribution in [1.29, 1.82) is 0 Å². The maximum Gasteiger partial charge on any atom is 0.229 e. The first-order valence-corrected chi connectivity index (χ1v) is 13.3. The summed E-state index contributed by atoms with van der Waals surface area (Å²) in [5.74, 6) is 1.03. The Morgan fingerprint density at radius 2 is 1.72 bits per heavy atom. The molecular formula is C29H30Cl2FN5O2. The zero-order valence-electron chi connectivity index (χ0n) is 22.0. The summed E-state index contributed by atoms with van der Waals surface area (Å²) >= 11 is 12.2. The van der Waals surface area contributed by atoms with Crippen LogP contribution in [-0.2, 0) is 0 Å². The van der Waals surface area contributed by atoms with Gasteiger partial charge in [0.2, 0.25) is 5.95 Å². The van der Waals surface area contributed by atoms with Crippen LogP contribution in [0.25, 0.3) is 11.1 Å². The monoisotopic (exact) mass is 569 g/mol. The van der Waals surface area contributed by atoms with E-state index in [-0.39, 0.29) is 11.8 Å². The largest absolute Gasteiger partial charge is 0.497 e. The van der Waals surface area contributed by atoms with Crippen LogP contribution in [-0.4, -0.2) is 48.2 Å². The maximum absolute atomic E-state index is 14.5. The van der Waals surface area contributed by atoms with Crippen LogP contribution in [0.15, 0.2) is 66.9 Å². The van der Waals surface area contributed by atoms with Gasteiger partial charge in [-0.2, -0.15) is 4.98 Å². The number of hydrogen-bond acceptors (Lipinski definition) is 7. The number of anilines is 4. The fourth-order valence-corrected chi connectivity index (χ4v) is 4.37. The van der Waals surface area contributed by atoms with Crippen molar-refractivity contribution >= 4 is 46.3 Å².